The van der Waals surface area contributed by atoms with Crippen LogP contribution in [0.5, 0.6) is 5.75 Å². The molecule has 0 saturated heterocycles. The number of aromatic carboxylic acids is 1. The minimum Gasteiger partial charge on any atom is -0.486 e. The topological polar surface area (TPSA) is 63.8 Å². The van der Waals surface area contributed by atoms with E-state index < -0.39 is 5.97 Å². The van der Waals surface area contributed by atoms with Crippen molar-refractivity contribution in [3.8, 4) is 5.75 Å². The Kier molecular flexibility index (Phi) is 3.33. The number of halogens is 1. The lowest BCUT2D eigenvalue weighted by Crippen LogP contribution is -2.04. The van der Waals surface area contributed by atoms with E-state index in [1.807, 2.05) is 22.2 Å². The van der Waals surface area contributed by atoms with Gasteiger partial charge in [-0.25, -0.2) is 9.78 Å². The first kappa shape index (κ1) is 13.0. The molecule has 0 bridgehead atoms. The van der Waals surface area contributed by atoms with Crippen LogP contribution < -0.4 is 4.74 Å². The van der Waals surface area contributed by atoms with Crippen LogP contribution in [0.2, 0.25) is 5.02 Å². The van der Waals surface area contributed by atoms with E-state index in [1.165, 1.54) is 17.4 Å². The van der Waals surface area contributed by atoms with Gasteiger partial charge in [0.15, 0.2) is 4.96 Å². The number of imidazole rings is 1. The largest absolute Gasteiger partial charge is 0.486 e. The fraction of sp³-hybridized carbons (Fsp3) is 0.0769. The molecule has 0 aliphatic carbocycles. The number of fused-ring (bicyclic) bond motifs is 1. The monoisotopic (exact) mass is 308 g/mol. The van der Waals surface area contributed by atoms with Crippen molar-refractivity contribution in [2.75, 3.05) is 0 Å². The Morgan fingerprint density at radius 2 is 2.35 bits per heavy atom. The molecule has 0 atom stereocenters. The molecule has 0 spiro atoms. The van der Waals surface area contributed by atoms with Crippen molar-refractivity contribution in [3.05, 3.63) is 52.3 Å². The summed E-state index contributed by atoms with van der Waals surface area (Å²) < 4.78 is 7.42. The molecule has 0 aliphatic rings. The zero-order valence-corrected chi connectivity index (χ0v) is 11.7. The summed E-state index contributed by atoms with van der Waals surface area (Å²) in [6.07, 6.45) is 3.75. The van der Waals surface area contributed by atoms with E-state index in [0.29, 0.717) is 0 Å². The number of ether oxygens (including phenoxy) is 1. The predicted octanol–water partition coefficient (Wildman–Crippen LogP) is 3.33. The number of carbonyl (C=O) groups is 1. The molecule has 0 unspecified atom stereocenters. The van der Waals surface area contributed by atoms with Crippen LogP contribution in [0.25, 0.3) is 4.96 Å². The molecule has 3 aromatic rings. The quantitative estimate of drug-likeness (QED) is 0.803. The first-order valence-electron chi connectivity index (χ1n) is 5.71. The van der Waals surface area contributed by atoms with Crippen molar-refractivity contribution in [2.45, 2.75) is 6.61 Å². The van der Waals surface area contributed by atoms with Crippen molar-refractivity contribution in [1.29, 1.82) is 0 Å². The Bertz CT molecular complexity index is 752. The number of carboxylic acid groups (broad SMARTS) is 1. The number of carboxylic acids is 1. The molecule has 3 rings (SSSR count). The number of hydrogen-bond donors (Lipinski definition) is 1. The van der Waals surface area contributed by atoms with Gasteiger partial charge in [0.05, 0.1) is 10.7 Å². The van der Waals surface area contributed by atoms with E-state index >= 15 is 0 Å². The van der Waals surface area contributed by atoms with Gasteiger partial charge in [-0.15, -0.1) is 11.3 Å². The second-order valence-electron chi connectivity index (χ2n) is 4.03. The van der Waals surface area contributed by atoms with Crippen LogP contribution in [-0.2, 0) is 6.61 Å². The maximum absolute atomic E-state index is 11.2. The maximum Gasteiger partial charge on any atom is 0.341 e. The van der Waals surface area contributed by atoms with Gasteiger partial charge >= 0.3 is 5.97 Å². The Morgan fingerprint density at radius 3 is 3.10 bits per heavy atom. The van der Waals surface area contributed by atoms with Crippen LogP contribution in [0, 0.1) is 0 Å². The van der Waals surface area contributed by atoms with Crippen LogP contribution in [0.3, 0.4) is 0 Å². The van der Waals surface area contributed by atoms with E-state index in [4.69, 9.17) is 21.4 Å². The van der Waals surface area contributed by atoms with E-state index in [-0.39, 0.29) is 22.9 Å². The molecule has 2 heterocycles. The van der Waals surface area contributed by atoms with Gasteiger partial charge in [0.2, 0.25) is 0 Å². The lowest BCUT2D eigenvalue weighted by Gasteiger charge is -2.08. The predicted molar refractivity (Wildman–Crippen MR) is 75.8 cm³/mol. The molecule has 0 radical (unpaired) electrons. The molecule has 102 valence electrons. The summed E-state index contributed by atoms with van der Waals surface area (Å²) in [6, 6.07) is 4.74. The smallest absolute Gasteiger partial charge is 0.341 e. The van der Waals surface area contributed by atoms with Crippen LogP contribution in [0.4, 0.5) is 0 Å². The molecule has 0 fully saturated rings. The molecule has 1 N–H and O–H groups in total. The summed E-state index contributed by atoms with van der Waals surface area (Å²) in [4.78, 5) is 16.4. The molecular weight excluding hydrogens is 300 g/mol. The van der Waals surface area contributed by atoms with Gasteiger partial charge in [-0.3, -0.25) is 4.40 Å². The van der Waals surface area contributed by atoms with Crippen molar-refractivity contribution in [3.63, 3.8) is 0 Å². The number of aromatic nitrogens is 2. The standard InChI is InChI=1S/C13H9ClN2O3S/c14-9-2-1-3-10(11(9)12(17)18)19-7-8-6-16-4-5-20-13(16)15-8/h1-6H,7H2,(H,17,18). The van der Waals surface area contributed by atoms with Crippen molar-refractivity contribution in [2.24, 2.45) is 0 Å². The molecule has 2 aromatic heterocycles. The van der Waals surface area contributed by atoms with Gasteiger partial charge in [-0.1, -0.05) is 17.7 Å². The van der Waals surface area contributed by atoms with Crippen molar-refractivity contribution < 1.29 is 14.6 Å². The maximum atomic E-state index is 11.2. The van der Waals surface area contributed by atoms with Gasteiger partial charge in [-0.05, 0) is 12.1 Å². The Labute approximate surface area is 123 Å². The van der Waals surface area contributed by atoms with Crippen LogP contribution in [-0.4, -0.2) is 20.5 Å². The van der Waals surface area contributed by atoms with Crippen LogP contribution >= 0.6 is 22.9 Å². The van der Waals surface area contributed by atoms with Crippen molar-refractivity contribution >= 4 is 33.9 Å². The average molecular weight is 309 g/mol. The highest BCUT2D eigenvalue weighted by Gasteiger charge is 2.16. The Morgan fingerprint density at radius 1 is 1.50 bits per heavy atom. The van der Waals surface area contributed by atoms with Crippen LogP contribution in [0.1, 0.15) is 16.1 Å². The molecule has 20 heavy (non-hydrogen) atoms. The normalized spacial score (nSPS) is 10.8. The third kappa shape index (κ3) is 2.35. The van der Waals surface area contributed by atoms with Gasteiger partial charge in [-0.2, -0.15) is 0 Å². The first-order chi connectivity index (χ1) is 9.65. The summed E-state index contributed by atoms with van der Waals surface area (Å²) >= 11 is 7.40. The van der Waals surface area contributed by atoms with E-state index in [0.717, 1.165) is 10.7 Å². The van der Waals surface area contributed by atoms with E-state index in [2.05, 4.69) is 4.98 Å². The third-order valence-electron chi connectivity index (χ3n) is 2.71. The zero-order chi connectivity index (χ0) is 14.1. The van der Waals surface area contributed by atoms with E-state index in [9.17, 15) is 4.79 Å². The summed E-state index contributed by atoms with van der Waals surface area (Å²) in [5.74, 6) is -0.877. The number of nitrogens with zero attached hydrogens (tertiary/aromatic N) is 2. The van der Waals surface area contributed by atoms with Gasteiger partial charge in [0.1, 0.15) is 17.9 Å². The number of hydrogen-bond acceptors (Lipinski definition) is 4. The minimum absolute atomic E-state index is 0.0322. The average Bonchev–Trinajstić information content (AvgIpc) is 2.96. The minimum atomic E-state index is -1.11. The lowest BCUT2D eigenvalue weighted by atomic mass is 10.2. The molecule has 0 amide bonds. The van der Waals surface area contributed by atoms with E-state index in [1.54, 1.807) is 12.1 Å². The van der Waals surface area contributed by atoms with Gasteiger partial charge < -0.3 is 9.84 Å². The third-order valence-corrected chi connectivity index (χ3v) is 3.79. The van der Waals surface area contributed by atoms with Crippen molar-refractivity contribution in [1.82, 2.24) is 9.38 Å². The highest BCUT2D eigenvalue weighted by Crippen LogP contribution is 2.27. The molecule has 1 aromatic carbocycles. The summed E-state index contributed by atoms with van der Waals surface area (Å²) in [6.45, 7) is 0.190. The Hall–Kier alpha value is -2.05. The fourth-order valence-corrected chi connectivity index (χ4v) is 2.80. The second kappa shape index (κ2) is 5.15. The zero-order valence-electron chi connectivity index (χ0n) is 10.1. The first-order valence-corrected chi connectivity index (χ1v) is 6.96. The van der Waals surface area contributed by atoms with Crippen LogP contribution in [0.15, 0.2) is 36.0 Å². The second-order valence-corrected chi connectivity index (χ2v) is 5.31. The van der Waals surface area contributed by atoms with Gasteiger partial charge in [0, 0.05) is 17.8 Å². The molecule has 0 aliphatic heterocycles. The number of rotatable bonds is 4. The van der Waals surface area contributed by atoms with Gasteiger partial charge in [0.25, 0.3) is 0 Å². The Balaban J connectivity index is 1.83. The lowest BCUT2D eigenvalue weighted by molar-refractivity contribution is 0.0692. The summed E-state index contributed by atoms with van der Waals surface area (Å²) in [7, 11) is 0. The summed E-state index contributed by atoms with van der Waals surface area (Å²) in [5.41, 5.74) is 0.698. The fourth-order valence-electron chi connectivity index (χ4n) is 1.83. The number of benzene rings is 1. The SMILES string of the molecule is O=C(O)c1c(Cl)cccc1OCc1cn2ccsc2n1. The molecule has 5 nitrogen and oxygen atoms in total. The number of thiazole rings is 1. The molecule has 7 heteroatoms. The highest BCUT2D eigenvalue weighted by molar-refractivity contribution is 7.15. The highest BCUT2D eigenvalue weighted by atomic mass is 35.5. The summed E-state index contributed by atoms with van der Waals surface area (Å²) in [5, 5.41) is 11.2. The molecular formula is C13H9ClN2O3S. The molecule has 0 saturated carbocycles.